The van der Waals surface area contributed by atoms with Crippen LogP contribution in [0.1, 0.15) is 30.9 Å². The van der Waals surface area contributed by atoms with Crippen molar-refractivity contribution in [2.45, 2.75) is 25.3 Å². The maximum absolute atomic E-state index is 4.25. The molecule has 0 aromatic carbocycles. The average molecular weight is 383 g/mol. The fraction of sp³-hybridized carbons (Fsp3) is 0.643. The number of nitrogens with zero attached hydrogens (tertiary/aromatic N) is 2. The summed E-state index contributed by atoms with van der Waals surface area (Å²) in [6.45, 7) is 4.56. The molecule has 1 aromatic rings. The van der Waals surface area contributed by atoms with Crippen molar-refractivity contribution in [2.75, 3.05) is 26.2 Å². The molecule has 3 rings (SSSR count). The smallest absolute Gasteiger partial charge is 0.106 e. The van der Waals surface area contributed by atoms with E-state index >= 15 is 0 Å². The van der Waals surface area contributed by atoms with Gasteiger partial charge in [0.2, 0.25) is 0 Å². The Hall–Kier alpha value is 0.130. The number of rotatable bonds is 4. The van der Waals surface area contributed by atoms with Gasteiger partial charge in [0.25, 0.3) is 0 Å². The lowest BCUT2D eigenvalue weighted by molar-refractivity contribution is 0.160. The van der Waals surface area contributed by atoms with Crippen LogP contribution in [0, 0.1) is 5.92 Å². The van der Waals surface area contributed by atoms with Gasteiger partial charge in [-0.3, -0.25) is 4.90 Å². The zero-order valence-corrected chi connectivity index (χ0v) is 14.6. The molecule has 0 spiro atoms. The van der Waals surface area contributed by atoms with Crippen molar-refractivity contribution in [3.05, 3.63) is 28.5 Å². The van der Waals surface area contributed by atoms with Crippen molar-refractivity contribution in [3.63, 3.8) is 0 Å². The summed E-state index contributed by atoms with van der Waals surface area (Å²) < 4.78 is 0.955. The molecule has 3 nitrogen and oxygen atoms in total. The van der Waals surface area contributed by atoms with E-state index in [4.69, 9.17) is 0 Å². The lowest BCUT2D eigenvalue weighted by Crippen LogP contribution is -2.45. The Bertz CT molecular complexity index is 409. The SMILES string of the molecule is Brc1cc([C@@H](CC2CC2)N2CCNCC2)ccn1.Cl.Cl. The molecule has 2 aliphatic rings. The molecule has 20 heavy (non-hydrogen) atoms. The molecular weight excluding hydrogens is 361 g/mol. The molecule has 114 valence electrons. The fourth-order valence-electron chi connectivity index (χ4n) is 2.78. The fourth-order valence-corrected chi connectivity index (χ4v) is 3.17. The van der Waals surface area contributed by atoms with Crippen LogP contribution in [0.2, 0.25) is 0 Å². The van der Waals surface area contributed by atoms with Gasteiger partial charge < -0.3 is 5.32 Å². The van der Waals surface area contributed by atoms with Crippen molar-refractivity contribution >= 4 is 40.7 Å². The predicted octanol–water partition coefficient (Wildman–Crippen LogP) is 3.43. The highest BCUT2D eigenvalue weighted by Crippen LogP contribution is 2.40. The lowest BCUT2D eigenvalue weighted by Gasteiger charge is -2.35. The zero-order chi connectivity index (χ0) is 12.4. The predicted molar refractivity (Wildman–Crippen MR) is 91.0 cm³/mol. The summed E-state index contributed by atoms with van der Waals surface area (Å²) in [5.41, 5.74) is 1.42. The van der Waals surface area contributed by atoms with Crippen LogP contribution in [-0.4, -0.2) is 36.1 Å². The van der Waals surface area contributed by atoms with Crippen LogP contribution >= 0.6 is 40.7 Å². The van der Waals surface area contributed by atoms with E-state index in [9.17, 15) is 0 Å². The third-order valence-electron chi connectivity index (χ3n) is 3.98. The number of halogens is 3. The molecule has 1 aliphatic carbocycles. The lowest BCUT2D eigenvalue weighted by atomic mass is 10.00. The van der Waals surface area contributed by atoms with Gasteiger partial charge >= 0.3 is 0 Å². The first kappa shape index (κ1) is 18.2. The van der Waals surface area contributed by atoms with E-state index in [-0.39, 0.29) is 24.8 Å². The quantitative estimate of drug-likeness (QED) is 0.808. The molecule has 0 bridgehead atoms. The molecule has 2 fully saturated rings. The van der Waals surface area contributed by atoms with Crippen LogP contribution in [0.3, 0.4) is 0 Å². The maximum Gasteiger partial charge on any atom is 0.106 e. The second kappa shape index (κ2) is 8.54. The van der Waals surface area contributed by atoms with Gasteiger partial charge in [0.05, 0.1) is 0 Å². The molecule has 0 unspecified atom stereocenters. The first-order chi connectivity index (χ1) is 8.83. The topological polar surface area (TPSA) is 28.2 Å². The normalized spacial score (nSPS) is 20.6. The van der Waals surface area contributed by atoms with E-state index in [0.717, 1.165) is 36.7 Å². The Morgan fingerprint density at radius 2 is 2.00 bits per heavy atom. The second-order valence-corrected chi connectivity index (χ2v) is 6.21. The van der Waals surface area contributed by atoms with Crippen LogP contribution < -0.4 is 5.32 Å². The molecular formula is C14H22BrCl2N3. The molecule has 1 saturated heterocycles. The number of hydrogen-bond donors (Lipinski definition) is 1. The minimum Gasteiger partial charge on any atom is -0.314 e. The monoisotopic (exact) mass is 381 g/mol. The van der Waals surface area contributed by atoms with Gasteiger partial charge in [-0.05, 0) is 46.0 Å². The average Bonchev–Trinajstić information content (AvgIpc) is 3.21. The Morgan fingerprint density at radius 1 is 1.30 bits per heavy atom. The highest BCUT2D eigenvalue weighted by Gasteiger charge is 2.30. The maximum atomic E-state index is 4.25. The standard InChI is InChI=1S/C14H20BrN3.2ClH/c15-14-10-12(3-4-17-14)13(9-11-1-2-11)18-7-5-16-6-8-18;;/h3-4,10-11,13,16H,1-2,5-9H2;2*1H/t13-;;/m1../s1. The number of nitrogens with one attached hydrogen (secondary N) is 1. The van der Waals surface area contributed by atoms with Crippen LogP contribution in [0.25, 0.3) is 0 Å². The number of pyridine rings is 1. The van der Waals surface area contributed by atoms with E-state index in [2.05, 4.69) is 43.3 Å². The molecule has 1 aromatic heterocycles. The molecule has 1 saturated carbocycles. The molecule has 0 radical (unpaired) electrons. The molecule has 6 heteroatoms. The van der Waals surface area contributed by atoms with Gasteiger partial charge in [-0.15, -0.1) is 24.8 Å². The second-order valence-electron chi connectivity index (χ2n) is 5.39. The highest BCUT2D eigenvalue weighted by atomic mass is 79.9. The van der Waals surface area contributed by atoms with Crippen molar-refractivity contribution in [1.82, 2.24) is 15.2 Å². The Balaban J connectivity index is 0.000001000. The van der Waals surface area contributed by atoms with E-state index in [1.54, 1.807) is 0 Å². The van der Waals surface area contributed by atoms with Gasteiger partial charge in [-0.2, -0.15) is 0 Å². The summed E-state index contributed by atoms with van der Waals surface area (Å²) in [5, 5.41) is 3.44. The first-order valence-electron chi connectivity index (χ1n) is 6.89. The largest absolute Gasteiger partial charge is 0.314 e. The Morgan fingerprint density at radius 3 is 2.60 bits per heavy atom. The summed E-state index contributed by atoms with van der Waals surface area (Å²) in [4.78, 5) is 6.88. The Kier molecular flexibility index (Phi) is 7.77. The summed E-state index contributed by atoms with van der Waals surface area (Å²) >= 11 is 3.49. The van der Waals surface area contributed by atoms with Crippen LogP contribution in [0.4, 0.5) is 0 Å². The highest BCUT2D eigenvalue weighted by molar-refractivity contribution is 9.10. The van der Waals surface area contributed by atoms with E-state index < -0.39 is 0 Å². The van der Waals surface area contributed by atoms with E-state index in [1.807, 2.05) is 6.20 Å². The molecule has 2 heterocycles. The number of hydrogen-bond acceptors (Lipinski definition) is 3. The number of piperazine rings is 1. The van der Waals surface area contributed by atoms with E-state index in [0.29, 0.717) is 6.04 Å². The van der Waals surface area contributed by atoms with Crippen molar-refractivity contribution in [3.8, 4) is 0 Å². The van der Waals surface area contributed by atoms with E-state index in [1.165, 1.54) is 24.8 Å². The van der Waals surface area contributed by atoms with Gasteiger partial charge in [-0.1, -0.05) is 12.8 Å². The van der Waals surface area contributed by atoms with Crippen molar-refractivity contribution in [1.29, 1.82) is 0 Å². The zero-order valence-electron chi connectivity index (χ0n) is 11.4. The minimum atomic E-state index is 0. The third-order valence-corrected chi connectivity index (χ3v) is 4.41. The van der Waals surface area contributed by atoms with Gasteiger partial charge in [0.15, 0.2) is 0 Å². The van der Waals surface area contributed by atoms with Gasteiger partial charge in [0, 0.05) is 38.4 Å². The van der Waals surface area contributed by atoms with Gasteiger partial charge in [0.1, 0.15) is 4.60 Å². The van der Waals surface area contributed by atoms with Crippen LogP contribution in [-0.2, 0) is 0 Å². The van der Waals surface area contributed by atoms with Crippen LogP contribution in [0.15, 0.2) is 22.9 Å². The molecule has 0 amide bonds. The minimum absolute atomic E-state index is 0. The first-order valence-corrected chi connectivity index (χ1v) is 7.68. The van der Waals surface area contributed by atoms with Gasteiger partial charge in [-0.25, -0.2) is 4.98 Å². The summed E-state index contributed by atoms with van der Waals surface area (Å²) in [6, 6.07) is 4.95. The van der Waals surface area contributed by atoms with Crippen molar-refractivity contribution in [2.24, 2.45) is 5.92 Å². The van der Waals surface area contributed by atoms with Crippen molar-refractivity contribution < 1.29 is 0 Å². The molecule has 1 N–H and O–H groups in total. The molecule has 1 aliphatic heterocycles. The summed E-state index contributed by atoms with van der Waals surface area (Å²) in [7, 11) is 0. The molecule has 1 atom stereocenters. The summed E-state index contributed by atoms with van der Waals surface area (Å²) in [5.74, 6) is 0.955. The third kappa shape index (κ3) is 4.85. The summed E-state index contributed by atoms with van der Waals surface area (Å²) in [6.07, 6.45) is 6.08. The Labute approximate surface area is 141 Å². The van der Waals surface area contributed by atoms with Crippen LogP contribution in [0.5, 0.6) is 0 Å². The number of aromatic nitrogens is 1.